The van der Waals surface area contributed by atoms with E-state index >= 15 is 0 Å². The number of imidazole rings is 1. The van der Waals surface area contributed by atoms with E-state index in [1.54, 1.807) is 6.20 Å². The van der Waals surface area contributed by atoms with E-state index in [0.717, 1.165) is 31.9 Å². The summed E-state index contributed by atoms with van der Waals surface area (Å²) in [5.74, 6) is 0.486. The minimum Gasteiger partial charge on any atom is -0.374 e. The van der Waals surface area contributed by atoms with E-state index in [-0.39, 0.29) is 12.0 Å². The molecule has 6 heteroatoms. The summed E-state index contributed by atoms with van der Waals surface area (Å²) >= 11 is 0. The van der Waals surface area contributed by atoms with Crippen molar-refractivity contribution in [3.8, 4) is 0 Å². The quantitative estimate of drug-likeness (QED) is 0.906. The third kappa shape index (κ3) is 4.09. The third-order valence-corrected chi connectivity index (χ3v) is 3.93. The fraction of sp³-hybridized carbons (Fsp3) is 0.529. The number of hydrogen-bond acceptors (Lipinski definition) is 4. The van der Waals surface area contributed by atoms with Crippen LogP contribution in [0.15, 0.2) is 30.6 Å². The van der Waals surface area contributed by atoms with Gasteiger partial charge in [0.2, 0.25) is 0 Å². The number of carbonyl (C=O) groups excluding carboxylic acids is 1. The van der Waals surface area contributed by atoms with Crippen LogP contribution in [0.2, 0.25) is 0 Å². The van der Waals surface area contributed by atoms with Gasteiger partial charge in [0.25, 0.3) is 5.91 Å². The van der Waals surface area contributed by atoms with Crippen LogP contribution in [0.25, 0.3) is 5.65 Å². The number of carbonyl (C=O) groups is 1. The van der Waals surface area contributed by atoms with Crippen molar-refractivity contribution in [1.82, 2.24) is 19.6 Å². The maximum absolute atomic E-state index is 12.3. The molecule has 2 aromatic heterocycles. The molecule has 0 radical (unpaired) electrons. The molecule has 23 heavy (non-hydrogen) atoms. The van der Waals surface area contributed by atoms with Gasteiger partial charge in [-0.25, -0.2) is 4.98 Å². The van der Waals surface area contributed by atoms with Crippen LogP contribution in [0, 0.1) is 5.92 Å². The molecule has 2 aromatic rings. The Kier molecular flexibility index (Phi) is 4.93. The lowest BCUT2D eigenvalue weighted by Crippen LogP contribution is -2.48. The zero-order valence-corrected chi connectivity index (χ0v) is 13.7. The first-order valence-electron chi connectivity index (χ1n) is 8.17. The fourth-order valence-corrected chi connectivity index (χ4v) is 2.93. The van der Waals surface area contributed by atoms with Gasteiger partial charge in [0, 0.05) is 38.6 Å². The van der Waals surface area contributed by atoms with Crippen LogP contribution in [-0.2, 0) is 4.74 Å². The normalized spacial score (nSPS) is 19.3. The average molecular weight is 316 g/mol. The Morgan fingerprint density at radius 1 is 1.48 bits per heavy atom. The molecule has 0 spiro atoms. The van der Waals surface area contributed by atoms with Crippen LogP contribution < -0.4 is 5.32 Å². The predicted molar refractivity (Wildman–Crippen MR) is 88.5 cm³/mol. The third-order valence-electron chi connectivity index (χ3n) is 3.93. The van der Waals surface area contributed by atoms with Crippen molar-refractivity contribution in [2.24, 2.45) is 5.92 Å². The highest BCUT2D eigenvalue weighted by atomic mass is 16.5. The topological polar surface area (TPSA) is 58.9 Å². The second-order valence-corrected chi connectivity index (χ2v) is 6.45. The van der Waals surface area contributed by atoms with Gasteiger partial charge < -0.3 is 14.5 Å². The number of ether oxygens (including phenoxy) is 1. The van der Waals surface area contributed by atoms with E-state index in [4.69, 9.17) is 4.74 Å². The first-order valence-corrected chi connectivity index (χ1v) is 8.17. The molecule has 0 aliphatic carbocycles. The molecule has 1 amide bonds. The number of nitrogens with one attached hydrogen (secondary N) is 1. The molecule has 1 aliphatic heterocycles. The van der Waals surface area contributed by atoms with Crippen molar-refractivity contribution in [3.63, 3.8) is 0 Å². The Hall–Kier alpha value is -1.92. The monoisotopic (exact) mass is 316 g/mol. The van der Waals surface area contributed by atoms with Gasteiger partial charge >= 0.3 is 0 Å². The highest BCUT2D eigenvalue weighted by Crippen LogP contribution is 2.08. The molecular weight excluding hydrogens is 292 g/mol. The van der Waals surface area contributed by atoms with E-state index < -0.39 is 0 Å². The van der Waals surface area contributed by atoms with Gasteiger partial charge in [0.15, 0.2) is 0 Å². The zero-order valence-electron chi connectivity index (χ0n) is 13.7. The molecule has 1 atom stereocenters. The summed E-state index contributed by atoms with van der Waals surface area (Å²) in [6.07, 6.45) is 3.67. The zero-order chi connectivity index (χ0) is 16.2. The summed E-state index contributed by atoms with van der Waals surface area (Å²) in [5.41, 5.74) is 1.21. The summed E-state index contributed by atoms with van der Waals surface area (Å²) in [5, 5.41) is 2.94. The molecule has 1 N–H and O–H groups in total. The molecule has 0 unspecified atom stereocenters. The van der Waals surface area contributed by atoms with Gasteiger partial charge in [0.1, 0.15) is 11.3 Å². The fourth-order valence-electron chi connectivity index (χ4n) is 2.93. The van der Waals surface area contributed by atoms with Crippen molar-refractivity contribution in [2.45, 2.75) is 20.0 Å². The standard InChI is InChI=1S/C17H24N4O2/c1-13(2)10-20-7-8-23-14(11-20)9-18-17(22)15-12-21-6-4-3-5-16(21)19-15/h3-6,12-14H,7-11H2,1-2H3,(H,18,22)/t14-/m0/s1. The first-order chi connectivity index (χ1) is 11.1. The van der Waals surface area contributed by atoms with Crippen molar-refractivity contribution < 1.29 is 9.53 Å². The minimum absolute atomic E-state index is 0.0449. The lowest BCUT2D eigenvalue weighted by molar-refractivity contribution is -0.0295. The molecule has 0 saturated carbocycles. The van der Waals surface area contributed by atoms with Crippen molar-refractivity contribution in [2.75, 3.05) is 32.8 Å². The number of fused-ring (bicyclic) bond motifs is 1. The largest absolute Gasteiger partial charge is 0.374 e. The van der Waals surface area contributed by atoms with Gasteiger partial charge in [-0.1, -0.05) is 19.9 Å². The van der Waals surface area contributed by atoms with E-state index in [2.05, 4.69) is 29.0 Å². The van der Waals surface area contributed by atoms with Gasteiger partial charge in [-0.3, -0.25) is 9.69 Å². The number of aromatic nitrogens is 2. The lowest BCUT2D eigenvalue weighted by Gasteiger charge is -2.33. The van der Waals surface area contributed by atoms with E-state index in [1.807, 2.05) is 28.8 Å². The smallest absolute Gasteiger partial charge is 0.271 e. The van der Waals surface area contributed by atoms with Gasteiger partial charge in [-0.2, -0.15) is 0 Å². The van der Waals surface area contributed by atoms with Crippen LogP contribution in [0.1, 0.15) is 24.3 Å². The Morgan fingerprint density at radius 3 is 3.13 bits per heavy atom. The average Bonchev–Trinajstić information content (AvgIpc) is 2.96. The Labute approximate surface area is 136 Å². The summed E-state index contributed by atoms with van der Waals surface area (Å²) < 4.78 is 7.60. The minimum atomic E-state index is -0.154. The van der Waals surface area contributed by atoms with Crippen LogP contribution in [0.4, 0.5) is 0 Å². The number of hydrogen-bond donors (Lipinski definition) is 1. The molecular formula is C17H24N4O2. The molecule has 6 nitrogen and oxygen atoms in total. The Balaban J connectivity index is 1.54. The van der Waals surface area contributed by atoms with Gasteiger partial charge in [0.05, 0.1) is 12.7 Å². The summed E-state index contributed by atoms with van der Waals surface area (Å²) in [6, 6.07) is 5.70. The molecule has 0 bridgehead atoms. The Morgan fingerprint density at radius 2 is 2.35 bits per heavy atom. The molecule has 1 saturated heterocycles. The van der Waals surface area contributed by atoms with E-state index in [1.165, 1.54) is 0 Å². The van der Waals surface area contributed by atoms with Crippen LogP contribution >= 0.6 is 0 Å². The predicted octanol–water partition coefficient (Wildman–Crippen LogP) is 1.42. The van der Waals surface area contributed by atoms with E-state index in [9.17, 15) is 4.79 Å². The maximum atomic E-state index is 12.3. The van der Waals surface area contributed by atoms with Crippen molar-refractivity contribution in [1.29, 1.82) is 0 Å². The van der Waals surface area contributed by atoms with Gasteiger partial charge in [-0.15, -0.1) is 0 Å². The first kappa shape index (κ1) is 16.0. The molecule has 0 aromatic carbocycles. The highest BCUT2D eigenvalue weighted by Gasteiger charge is 2.22. The number of nitrogens with zero attached hydrogens (tertiary/aromatic N) is 3. The van der Waals surface area contributed by atoms with Crippen molar-refractivity contribution >= 4 is 11.6 Å². The van der Waals surface area contributed by atoms with Crippen molar-refractivity contribution in [3.05, 3.63) is 36.3 Å². The highest BCUT2D eigenvalue weighted by molar-refractivity contribution is 5.92. The molecule has 1 aliphatic rings. The number of rotatable bonds is 5. The molecule has 124 valence electrons. The maximum Gasteiger partial charge on any atom is 0.271 e. The summed E-state index contributed by atoms with van der Waals surface area (Å²) in [7, 11) is 0. The number of amides is 1. The van der Waals surface area contributed by atoms with Gasteiger partial charge in [-0.05, 0) is 18.1 Å². The lowest BCUT2D eigenvalue weighted by atomic mass is 10.2. The second-order valence-electron chi connectivity index (χ2n) is 6.45. The second kappa shape index (κ2) is 7.10. The number of morpholine rings is 1. The van der Waals surface area contributed by atoms with E-state index in [0.29, 0.717) is 18.2 Å². The van der Waals surface area contributed by atoms with Crippen LogP contribution in [0.3, 0.4) is 0 Å². The molecule has 3 heterocycles. The summed E-state index contributed by atoms with van der Waals surface area (Å²) in [6.45, 7) is 8.58. The van der Waals surface area contributed by atoms with Crippen LogP contribution in [-0.4, -0.2) is 59.1 Å². The Bertz CT molecular complexity index is 634. The summed E-state index contributed by atoms with van der Waals surface area (Å²) in [4.78, 5) is 19.0. The number of pyridine rings is 1. The molecule has 1 fully saturated rings. The SMILES string of the molecule is CC(C)CN1CCO[C@@H](CNC(=O)c2cn3ccccc3n2)C1. The molecule has 3 rings (SSSR count). The van der Waals surface area contributed by atoms with Crippen LogP contribution in [0.5, 0.6) is 0 Å².